The molecule has 2 aromatic rings. The minimum Gasteiger partial charge on any atom is -0.488 e. The highest BCUT2D eigenvalue weighted by Gasteiger charge is 2.17. The Labute approximate surface area is 180 Å². The molecule has 0 aliphatic rings. The second-order valence-electron chi connectivity index (χ2n) is 9.15. The van der Waals surface area contributed by atoms with Gasteiger partial charge in [0.25, 0.3) is 0 Å². The normalized spacial score (nSPS) is 12.0. The average Bonchev–Trinajstić information content (AvgIpc) is 2.58. The first-order chi connectivity index (χ1) is 13.8. The maximum absolute atomic E-state index is 12.6. The van der Waals surface area contributed by atoms with Crippen LogP contribution in [0.4, 0.5) is 0 Å². The number of ether oxygens (including phenoxy) is 3. The summed E-state index contributed by atoms with van der Waals surface area (Å²) < 4.78 is 17.5. The van der Waals surface area contributed by atoms with E-state index in [1.165, 1.54) is 0 Å². The summed E-state index contributed by atoms with van der Waals surface area (Å²) in [4.78, 5) is 12.6. The van der Waals surface area contributed by atoms with Crippen molar-refractivity contribution in [1.82, 2.24) is 0 Å². The van der Waals surface area contributed by atoms with Gasteiger partial charge < -0.3 is 14.2 Å². The van der Waals surface area contributed by atoms with E-state index in [2.05, 4.69) is 6.58 Å². The molecule has 0 unspecified atom stereocenters. The van der Waals surface area contributed by atoms with E-state index in [1.807, 2.05) is 59.7 Å². The van der Waals surface area contributed by atoms with Gasteiger partial charge in [0.05, 0.1) is 5.76 Å². The Kier molecular flexibility index (Phi) is 7.14. The van der Waals surface area contributed by atoms with Gasteiger partial charge in [0, 0.05) is 17.2 Å². The van der Waals surface area contributed by atoms with Crippen molar-refractivity contribution >= 4 is 11.9 Å². The largest absolute Gasteiger partial charge is 0.488 e. The first-order valence-electron chi connectivity index (χ1n) is 10.0. The molecule has 0 amide bonds. The Balaban J connectivity index is 2.25. The fourth-order valence-electron chi connectivity index (χ4n) is 2.64. The lowest BCUT2D eigenvalue weighted by Gasteiger charge is -2.25. The molecule has 2 rings (SSSR count). The Hall–Kier alpha value is -3.01. The third-order valence-corrected chi connectivity index (χ3v) is 3.67. The van der Waals surface area contributed by atoms with Crippen molar-refractivity contribution < 1.29 is 19.0 Å². The molecule has 2 aromatic carbocycles. The molecule has 160 valence electrons. The molecule has 0 aliphatic carbocycles. The average molecular weight is 409 g/mol. The molecule has 0 aliphatic heterocycles. The highest BCUT2D eigenvalue weighted by Crippen LogP contribution is 2.31. The molecule has 0 heterocycles. The topological polar surface area (TPSA) is 44.8 Å². The van der Waals surface area contributed by atoms with E-state index < -0.39 is 0 Å². The Morgan fingerprint density at radius 1 is 0.867 bits per heavy atom. The first kappa shape index (κ1) is 23.3. The van der Waals surface area contributed by atoms with Crippen molar-refractivity contribution in [2.75, 3.05) is 0 Å². The fraction of sp³-hybridized carbons (Fsp3) is 0.346. The van der Waals surface area contributed by atoms with E-state index in [1.54, 1.807) is 43.3 Å². The van der Waals surface area contributed by atoms with Crippen LogP contribution in [0.2, 0.25) is 0 Å². The summed E-state index contributed by atoms with van der Waals surface area (Å²) in [6.45, 7) is 17.4. The molecule has 0 bridgehead atoms. The van der Waals surface area contributed by atoms with Crippen LogP contribution in [0.15, 0.2) is 60.9 Å². The number of hydrogen-bond donors (Lipinski definition) is 0. The number of allylic oxidation sites excluding steroid dienone is 2. The zero-order valence-corrected chi connectivity index (χ0v) is 19.0. The molecule has 30 heavy (non-hydrogen) atoms. The van der Waals surface area contributed by atoms with Gasteiger partial charge in [-0.2, -0.15) is 0 Å². The van der Waals surface area contributed by atoms with Crippen LogP contribution >= 0.6 is 0 Å². The van der Waals surface area contributed by atoms with Gasteiger partial charge in [-0.15, -0.1) is 0 Å². The van der Waals surface area contributed by atoms with E-state index in [-0.39, 0.29) is 17.0 Å². The Morgan fingerprint density at radius 3 is 1.97 bits per heavy atom. The molecular formula is C26H32O4. The third kappa shape index (κ3) is 7.78. The van der Waals surface area contributed by atoms with Crippen molar-refractivity contribution in [2.45, 2.75) is 59.7 Å². The van der Waals surface area contributed by atoms with E-state index in [4.69, 9.17) is 14.2 Å². The quantitative estimate of drug-likeness (QED) is 0.285. The number of hydrogen-bond acceptors (Lipinski definition) is 4. The van der Waals surface area contributed by atoms with Gasteiger partial charge in [0.15, 0.2) is 5.78 Å². The standard InChI is InChI=1S/C26H32O4/c1-18(2)28-21-13-9-19(10-14-21)23(27)16-12-20-11-15-22(29-25(3,4)5)17-24(20)30-26(6,7)8/h9-17H,1H2,2-8H3/b16-12+. The van der Waals surface area contributed by atoms with Gasteiger partial charge >= 0.3 is 0 Å². The monoisotopic (exact) mass is 408 g/mol. The van der Waals surface area contributed by atoms with Crippen LogP contribution in [0.5, 0.6) is 17.2 Å². The van der Waals surface area contributed by atoms with E-state index >= 15 is 0 Å². The highest BCUT2D eigenvalue weighted by molar-refractivity contribution is 6.07. The number of carbonyl (C=O) groups is 1. The third-order valence-electron chi connectivity index (χ3n) is 3.67. The Morgan fingerprint density at radius 2 is 1.43 bits per heavy atom. The lowest BCUT2D eigenvalue weighted by molar-refractivity contribution is 0.104. The molecule has 0 saturated carbocycles. The smallest absolute Gasteiger partial charge is 0.185 e. The number of ketones is 1. The number of carbonyl (C=O) groups excluding carboxylic acids is 1. The molecular weight excluding hydrogens is 376 g/mol. The van der Waals surface area contributed by atoms with Gasteiger partial charge in [-0.3, -0.25) is 4.79 Å². The predicted molar refractivity (Wildman–Crippen MR) is 122 cm³/mol. The molecule has 0 saturated heterocycles. The van der Waals surface area contributed by atoms with Crippen LogP contribution in [0.25, 0.3) is 6.08 Å². The fourth-order valence-corrected chi connectivity index (χ4v) is 2.64. The van der Waals surface area contributed by atoms with Crippen molar-refractivity contribution in [3.05, 3.63) is 72.0 Å². The molecule has 0 aromatic heterocycles. The molecule has 0 spiro atoms. The number of rotatable bonds is 7. The summed E-state index contributed by atoms with van der Waals surface area (Å²) in [5.41, 5.74) is 0.686. The summed E-state index contributed by atoms with van der Waals surface area (Å²) in [6, 6.07) is 12.6. The molecule has 0 fully saturated rings. The van der Waals surface area contributed by atoms with Crippen molar-refractivity contribution in [3.8, 4) is 17.2 Å². The SMILES string of the molecule is C=C(C)Oc1ccc(C(=O)/C=C/c2ccc(OC(C)(C)C)cc2OC(C)(C)C)cc1. The minimum atomic E-state index is -0.383. The summed E-state index contributed by atoms with van der Waals surface area (Å²) in [5.74, 6) is 2.53. The zero-order chi connectivity index (χ0) is 22.5. The summed E-state index contributed by atoms with van der Waals surface area (Å²) in [5, 5.41) is 0. The second-order valence-corrected chi connectivity index (χ2v) is 9.15. The maximum atomic E-state index is 12.6. The van der Waals surface area contributed by atoms with Crippen LogP contribution in [-0.4, -0.2) is 17.0 Å². The van der Waals surface area contributed by atoms with Crippen molar-refractivity contribution in [3.63, 3.8) is 0 Å². The van der Waals surface area contributed by atoms with Crippen LogP contribution in [0.1, 0.15) is 64.4 Å². The predicted octanol–water partition coefficient (Wildman–Crippen LogP) is 6.85. The van der Waals surface area contributed by atoms with Crippen LogP contribution in [-0.2, 0) is 0 Å². The lowest BCUT2D eigenvalue weighted by atomic mass is 10.1. The summed E-state index contributed by atoms with van der Waals surface area (Å²) >= 11 is 0. The van der Waals surface area contributed by atoms with Crippen LogP contribution < -0.4 is 14.2 Å². The van der Waals surface area contributed by atoms with Gasteiger partial charge in [-0.05, 0) is 97.0 Å². The Bertz CT molecular complexity index is 923. The number of benzene rings is 2. The highest BCUT2D eigenvalue weighted by atomic mass is 16.5. The summed E-state index contributed by atoms with van der Waals surface area (Å²) in [7, 11) is 0. The minimum absolute atomic E-state index is 0.103. The van der Waals surface area contributed by atoms with Crippen LogP contribution in [0.3, 0.4) is 0 Å². The maximum Gasteiger partial charge on any atom is 0.185 e. The lowest BCUT2D eigenvalue weighted by Crippen LogP contribution is -2.24. The van der Waals surface area contributed by atoms with Gasteiger partial charge in [0.2, 0.25) is 0 Å². The molecule has 0 radical (unpaired) electrons. The van der Waals surface area contributed by atoms with E-state index in [9.17, 15) is 4.79 Å². The molecule has 0 N–H and O–H groups in total. The second kappa shape index (κ2) is 9.21. The van der Waals surface area contributed by atoms with Crippen molar-refractivity contribution in [1.29, 1.82) is 0 Å². The van der Waals surface area contributed by atoms with Gasteiger partial charge in [0.1, 0.15) is 28.5 Å². The van der Waals surface area contributed by atoms with Gasteiger partial charge in [-0.25, -0.2) is 0 Å². The van der Waals surface area contributed by atoms with Gasteiger partial charge in [-0.1, -0.05) is 6.58 Å². The molecule has 0 atom stereocenters. The summed E-state index contributed by atoms with van der Waals surface area (Å²) in [6.07, 6.45) is 3.31. The molecule has 4 nitrogen and oxygen atoms in total. The first-order valence-corrected chi connectivity index (χ1v) is 10.0. The molecule has 4 heteroatoms. The van der Waals surface area contributed by atoms with E-state index in [0.29, 0.717) is 22.8 Å². The van der Waals surface area contributed by atoms with Crippen molar-refractivity contribution in [2.24, 2.45) is 0 Å². The van der Waals surface area contributed by atoms with E-state index in [0.717, 1.165) is 11.3 Å². The van der Waals surface area contributed by atoms with Crippen LogP contribution in [0, 0.1) is 0 Å². The zero-order valence-electron chi connectivity index (χ0n) is 19.0.